The second-order valence-electron chi connectivity index (χ2n) is 9.20. The third-order valence-corrected chi connectivity index (χ3v) is 6.70. The highest BCUT2D eigenvalue weighted by Crippen LogP contribution is 2.35. The largest absolute Gasteiger partial charge is 0.493 e. The van der Waals surface area contributed by atoms with E-state index >= 15 is 0 Å². The van der Waals surface area contributed by atoms with Gasteiger partial charge in [0.05, 0.1) is 29.2 Å². The number of ether oxygens (including phenoxy) is 2. The molecule has 0 saturated carbocycles. The molecule has 10 nitrogen and oxygen atoms in total. The second kappa shape index (κ2) is 11.2. The number of hydrogen-bond donors (Lipinski definition) is 0. The minimum atomic E-state index is -0.473. The number of furan rings is 1. The third-order valence-electron chi connectivity index (χ3n) is 6.48. The lowest BCUT2D eigenvalue weighted by molar-refractivity contribution is -0.384. The average Bonchev–Trinajstić information content (AvgIpc) is 3.44. The number of non-ortho nitro benzene ring substituents is 1. The maximum Gasteiger partial charge on any atom is 0.282 e. The summed E-state index contributed by atoms with van der Waals surface area (Å²) in [5.41, 5.74) is 1.66. The first kappa shape index (κ1) is 26.7. The summed E-state index contributed by atoms with van der Waals surface area (Å²) < 4.78 is 18.8. The van der Waals surface area contributed by atoms with Crippen LogP contribution in [0, 0.1) is 10.1 Å². The fraction of sp³-hybridized carbons (Fsp3) is 0.0645. The maximum absolute atomic E-state index is 13.7. The van der Waals surface area contributed by atoms with E-state index in [1.165, 1.54) is 25.5 Å². The molecule has 0 aliphatic heterocycles. The van der Waals surface area contributed by atoms with E-state index in [-0.39, 0.29) is 23.9 Å². The van der Waals surface area contributed by atoms with Crippen molar-refractivity contribution in [3.63, 3.8) is 0 Å². The molecule has 6 aromatic rings. The van der Waals surface area contributed by atoms with E-state index < -0.39 is 10.5 Å². The van der Waals surface area contributed by atoms with Gasteiger partial charge in [0.2, 0.25) is 5.82 Å². The van der Waals surface area contributed by atoms with E-state index in [2.05, 4.69) is 5.10 Å². The van der Waals surface area contributed by atoms with E-state index in [0.717, 1.165) is 10.1 Å². The molecule has 0 N–H and O–H groups in total. The zero-order valence-corrected chi connectivity index (χ0v) is 22.8. The predicted molar refractivity (Wildman–Crippen MR) is 160 cm³/mol. The van der Waals surface area contributed by atoms with Gasteiger partial charge in [-0.25, -0.2) is 4.98 Å². The molecule has 0 aliphatic carbocycles. The van der Waals surface area contributed by atoms with Crippen molar-refractivity contribution in [2.45, 2.75) is 6.61 Å². The van der Waals surface area contributed by atoms with Crippen molar-refractivity contribution >= 4 is 45.4 Å². The summed E-state index contributed by atoms with van der Waals surface area (Å²) in [5, 5.41) is 17.3. The predicted octanol–water partition coefficient (Wildman–Crippen LogP) is 6.84. The highest BCUT2D eigenvalue weighted by Gasteiger charge is 2.18. The van der Waals surface area contributed by atoms with Crippen LogP contribution in [0.5, 0.6) is 11.5 Å². The van der Waals surface area contributed by atoms with Crippen LogP contribution in [0.2, 0.25) is 5.02 Å². The fourth-order valence-electron chi connectivity index (χ4n) is 4.51. The highest BCUT2D eigenvalue weighted by molar-refractivity contribution is 6.31. The summed E-state index contributed by atoms with van der Waals surface area (Å²) >= 11 is 6.37. The van der Waals surface area contributed by atoms with Gasteiger partial charge in [0.25, 0.3) is 11.2 Å². The van der Waals surface area contributed by atoms with E-state index in [4.69, 9.17) is 30.5 Å². The van der Waals surface area contributed by atoms with E-state index in [1.54, 1.807) is 54.6 Å². The van der Waals surface area contributed by atoms with Gasteiger partial charge >= 0.3 is 0 Å². The van der Waals surface area contributed by atoms with Crippen LogP contribution >= 0.6 is 11.6 Å². The maximum atomic E-state index is 13.7. The lowest BCUT2D eigenvalue weighted by atomic mass is 10.2. The molecule has 0 aliphatic rings. The number of rotatable bonds is 8. The molecule has 0 unspecified atom stereocenters. The Bertz CT molecular complexity index is 2030. The lowest BCUT2D eigenvalue weighted by Gasteiger charge is -2.14. The standard InChI is InChI=1S/C31H21ClN4O6/c1-40-27-16-22(32)14-21(29(27)41-18-19-7-6-9-23(13-19)36(38)39)17-33-35-30(28-15-20-8-2-5-12-26(20)42-28)34-25-11-4-3-10-24(25)31(35)37/h2-17H,18H2,1H3. The van der Waals surface area contributed by atoms with Gasteiger partial charge in [0.15, 0.2) is 17.3 Å². The Morgan fingerprint density at radius 1 is 1.05 bits per heavy atom. The summed E-state index contributed by atoms with van der Waals surface area (Å²) in [6.45, 7) is 0.00221. The molecule has 208 valence electrons. The summed E-state index contributed by atoms with van der Waals surface area (Å²) in [7, 11) is 1.46. The Labute approximate surface area is 243 Å². The molecule has 0 radical (unpaired) electrons. The van der Waals surface area contributed by atoms with Crippen molar-refractivity contribution in [3.8, 4) is 23.1 Å². The summed E-state index contributed by atoms with van der Waals surface area (Å²) in [5.74, 6) is 1.17. The number of halogens is 1. The van der Waals surface area contributed by atoms with Crippen molar-refractivity contribution in [1.82, 2.24) is 9.66 Å². The molecule has 6 rings (SSSR count). The normalized spacial score (nSPS) is 11.4. The first-order valence-corrected chi connectivity index (χ1v) is 13.1. The van der Waals surface area contributed by atoms with Crippen LogP contribution in [0.15, 0.2) is 105 Å². The Kier molecular flexibility index (Phi) is 7.12. The Morgan fingerprint density at radius 2 is 1.86 bits per heavy atom. The van der Waals surface area contributed by atoms with Crippen LogP contribution in [0.25, 0.3) is 33.5 Å². The van der Waals surface area contributed by atoms with Gasteiger partial charge in [0, 0.05) is 34.2 Å². The van der Waals surface area contributed by atoms with Gasteiger partial charge < -0.3 is 13.9 Å². The molecule has 4 aromatic carbocycles. The Morgan fingerprint density at radius 3 is 2.67 bits per heavy atom. The zero-order valence-electron chi connectivity index (χ0n) is 22.1. The van der Waals surface area contributed by atoms with Crippen molar-refractivity contribution in [1.29, 1.82) is 0 Å². The minimum Gasteiger partial charge on any atom is -0.493 e. The number of methoxy groups -OCH3 is 1. The molecule has 0 saturated heterocycles. The molecule has 2 aromatic heterocycles. The zero-order chi connectivity index (χ0) is 29.2. The molecule has 42 heavy (non-hydrogen) atoms. The number of aromatic nitrogens is 2. The van der Waals surface area contributed by atoms with Crippen LogP contribution in [-0.2, 0) is 6.61 Å². The number of nitro groups is 1. The summed E-state index contributed by atoms with van der Waals surface area (Å²) in [6.07, 6.45) is 1.42. The quantitative estimate of drug-likeness (QED) is 0.110. The van der Waals surface area contributed by atoms with Gasteiger partial charge in [-0.1, -0.05) is 54.1 Å². The molecule has 2 heterocycles. The number of nitrogens with zero attached hydrogens (tertiary/aromatic N) is 4. The van der Waals surface area contributed by atoms with Crippen LogP contribution in [0.4, 0.5) is 5.69 Å². The number of benzene rings is 4. The summed E-state index contributed by atoms with van der Waals surface area (Å²) in [6, 6.07) is 25.6. The molecule has 0 atom stereocenters. The van der Waals surface area contributed by atoms with E-state index in [9.17, 15) is 14.9 Å². The van der Waals surface area contributed by atoms with Gasteiger partial charge in [-0.05, 0) is 35.9 Å². The number of hydrogen-bond acceptors (Lipinski definition) is 8. The molecule has 11 heteroatoms. The Hall–Kier alpha value is -5.48. The first-order valence-electron chi connectivity index (χ1n) is 12.7. The molecule has 0 amide bonds. The molecule has 0 bridgehead atoms. The first-order chi connectivity index (χ1) is 20.4. The fourth-order valence-corrected chi connectivity index (χ4v) is 4.73. The van der Waals surface area contributed by atoms with Crippen molar-refractivity contribution in [3.05, 3.63) is 128 Å². The SMILES string of the molecule is COc1cc(Cl)cc(C=Nn2c(-c3cc4ccccc4o3)nc3ccccc3c2=O)c1OCc1cccc([N+](=O)[O-])c1. The number of fused-ring (bicyclic) bond motifs is 2. The molecule has 0 spiro atoms. The van der Waals surface area contributed by atoms with E-state index in [1.807, 2.05) is 24.3 Å². The summed E-state index contributed by atoms with van der Waals surface area (Å²) in [4.78, 5) is 29.1. The van der Waals surface area contributed by atoms with Crippen molar-refractivity contribution in [2.75, 3.05) is 7.11 Å². The van der Waals surface area contributed by atoms with Gasteiger partial charge in [-0.2, -0.15) is 9.78 Å². The Balaban J connectivity index is 1.45. The van der Waals surface area contributed by atoms with Crippen molar-refractivity contribution < 1.29 is 18.8 Å². The molecular weight excluding hydrogens is 560 g/mol. The topological polar surface area (TPSA) is 122 Å². The third kappa shape index (κ3) is 5.18. The molecular formula is C31H21ClN4O6. The van der Waals surface area contributed by atoms with Crippen LogP contribution in [0.1, 0.15) is 11.1 Å². The highest BCUT2D eigenvalue weighted by atomic mass is 35.5. The van der Waals surface area contributed by atoms with E-state index in [0.29, 0.717) is 44.1 Å². The molecule has 0 fully saturated rings. The number of nitro benzene ring substituents is 1. The van der Waals surface area contributed by atoms with Crippen LogP contribution < -0.4 is 15.0 Å². The smallest absolute Gasteiger partial charge is 0.282 e. The van der Waals surface area contributed by atoms with Gasteiger partial charge in [-0.15, -0.1) is 0 Å². The average molecular weight is 581 g/mol. The minimum absolute atomic E-state index is 0.00221. The van der Waals surface area contributed by atoms with Crippen LogP contribution in [-0.4, -0.2) is 27.9 Å². The monoisotopic (exact) mass is 580 g/mol. The number of para-hydroxylation sites is 2. The lowest BCUT2D eigenvalue weighted by Crippen LogP contribution is -2.20. The second-order valence-corrected chi connectivity index (χ2v) is 9.64. The van der Waals surface area contributed by atoms with Crippen LogP contribution in [0.3, 0.4) is 0 Å². The van der Waals surface area contributed by atoms with Gasteiger partial charge in [-0.3, -0.25) is 14.9 Å². The van der Waals surface area contributed by atoms with Gasteiger partial charge in [0.1, 0.15) is 12.2 Å². The van der Waals surface area contributed by atoms with Crippen molar-refractivity contribution in [2.24, 2.45) is 5.10 Å².